The number of carbonyl (C=O) groups excluding carboxylic acids is 1. The number of ether oxygens (including phenoxy) is 1. The summed E-state index contributed by atoms with van der Waals surface area (Å²) in [6, 6.07) is 16.4. The third-order valence-corrected chi connectivity index (χ3v) is 4.72. The van der Waals surface area contributed by atoms with Crippen LogP contribution in [0.15, 0.2) is 48.5 Å². The highest BCUT2D eigenvalue weighted by Gasteiger charge is 2.34. The van der Waals surface area contributed by atoms with E-state index in [2.05, 4.69) is 46.7 Å². The average molecular weight is 353 g/mol. The van der Waals surface area contributed by atoms with E-state index in [1.54, 1.807) is 14.0 Å². The molecule has 0 radical (unpaired) electrons. The lowest BCUT2D eigenvalue weighted by Crippen LogP contribution is -2.46. The van der Waals surface area contributed by atoms with Crippen LogP contribution in [-0.4, -0.2) is 36.5 Å². The molecule has 0 saturated carbocycles. The molecular weight excluding hydrogens is 326 g/mol. The van der Waals surface area contributed by atoms with Crippen LogP contribution < -0.4 is 15.4 Å². The normalized spacial score (nSPS) is 20.0. The van der Waals surface area contributed by atoms with Crippen molar-refractivity contribution in [3.8, 4) is 5.75 Å². The van der Waals surface area contributed by atoms with Crippen molar-refractivity contribution in [3.63, 3.8) is 0 Å². The molecule has 2 aromatic rings. The van der Waals surface area contributed by atoms with Crippen LogP contribution >= 0.6 is 0 Å². The lowest BCUT2D eigenvalue weighted by molar-refractivity contribution is -0.120. The van der Waals surface area contributed by atoms with Crippen LogP contribution in [0.25, 0.3) is 0 Å². The van der Waals surface area contributed by atoms with Crippen molar-refractivity contribution in [1.82, 2.24) is 10.2 Å². The van der Waals surface area contributed by atoms with Crippen molar-refractivity contribution in [3.05, 3.63) is 54.1 Å². The van der Waals surface area contributed by atoms with Crippen LogP contribution in [0.2, 0.25) is 0 Å². The molecule has 0 aliphatic carbocycles. The Hall–Kier alpha value is -2.53. The fourth-order valence-corrected chi connectivity index (χ4v) is 3.59. The van der Waals surface area contributed by atoms with Gasteiger partial charge in [0.1, 0.15) is 5.75 Å². The number of rotatable bonds is 6. The molecule has 5 nitrogen and oxygen atoms in total. The monoisotopic (exact) mass is 353 g/mol. The van der Waals surface area contributed by atoms with Gasteiger partial charge in [-0.3, -0.25) is 9.69 Å². The molecule has 2 aromatic carbocycles. The predicted molar refractivity (Wildman–Crippen MR) is 105 cm³/mol. The topological polar surface area (TPSA) is 53.6 Å². The molecule has 1 aliphatic rings. The van der Waals surface area contributed by atoms with Gasteiger partial charge in [0, 0.05) is 44.0 Å². The predicted octanol–water partition coefficient (Wildman–Crippen LogP) is 3.54. The number of likely N-dealkylation sites (tertiary alicyclic amines) is 1. The summed E-state index contributed by atoms with van der Waals surface area (Å²) in [6.07, 6.45) is 0.980. The van der Waals surface area contributed by atoms with Gasteiger partial charge in [-0.25, -0.2) is 0 Å². The zero-order valence-corrected chi connectivity index (χ0v) is 15.7. The van der Waals surface area contributed by atoms with Crippen LogP contribution in [0.5, 0.6) is 5.75 Å². The van der Waals surface area contributed by atoms with E-state index in [0.29, 0.717) is 0 Å². The van der Waals surface area contributed by atoms with Gasteiger partial charge >= 0.3 is 0 Å². The van der Waals surface area contributed by atoms with E-state index >= 15 is 0 Å². The smallest absolute Gasteiger partial charge is 0.217 e. The summed E-state index contributed by atoms with van der Waals surface area (Å²) in [5.41, 5.74) is 3.19. The maximum absolute atomic E-state index is 11.4. The van der Waals surface area contributed by atoms with E-state index in [1.165, 1.54) is 5.56 Å². The highest BCUT2D eigenvalue weighted by atomic mass is 16.5. The summed E-state index contributed by atoms with van der Waals surface area (Å²) in [4.78, 5) is 13.8. The zero-order valence-electron chi connectivity index (χ0n) is 15.7. The molecule has 2 N–H and O–H groups in total. The Labute approximate surface area is 155 Å². The number of nitrogens with zero attached hydrogens (tertiary/aromatic N) is 1. The minimum atomic E-state index is -0.123. The standard InChI is InChI=1S/C21H27N3O2/c1-16(25)23-21(2)10-11-24(15-21)14-17-6-4-7-18(12-17)22-19-8-5-9-20(13-19)26-3/h4-9,12-13,22H,10-11,14-15H2,1-3H3,(H,23,25). The van der Waals surface area contributed by atoms with Gasteiger partial charge in [0.05, 0.1) is 12.6 Å². The quantitative estimate of drug-likeness (QED) is 0.834. The second kappa shape index (κ2) is 7.79. The molecule has 1 fully saturated rings. The van der Waals surface area contributed by atoms with Crippen LogP contribution in [0.4, 0.5) is 11.4 Å². The van der Waals surface area contributed by atoms with Gasteiger partial charge in [-0.1, -0.05) is 18.2 Å². The van der Waals surface area contributed by atoms with Crippen LogP contribution in [0, 0.1) is 0 Å². The van der Waals surface area contributed by atoms with Gasteiger partial charge in [-0.2, -0.15) is 0 Å². The summed E-state index contributed by atoms with van der Waals surface area (Å²) in [7, 11) is 1.67. The first kappa shape index (κ1) is 18.3. The van der Waals surface area contributed by atoms with Crippen molar-refractivity contribution in [2.24, 2.45) is 0 Å². The SMILES string of the molecule is COc1cccc(Nc2cccc(CN3CCC(C)(NC(C)=O)C3)c2)c1. The number of methoxy groups -OCH3 is 1. The second-order valence-electron chi connectivity index (χ2n) is 7.26. The van der Waals surface area contributed by atoms with E-state index < -0.39 is 0 Å². The minimum absolute atomic E-state index is 0.0406. The molecule has 1 aliphatic heterocycles. The molecule has 1 amide bonds. The molecule has 1 saturated heterocycles. The van der Waals surface area contributed by atoms with E-state index in [4.69, 9.17) is 4.74 Å². The zero-order chi connectivity index (χ0) is 18.6. The van der Waals surface area contributed by atoms with E-state index in [1.807, 2.05) is 24.3 Å². The molecule has 0 bridgehead atoms. The van der Waals surface area contributed by atoms with Gasteiger partial charge in [0.25, 0.3) is 0 Å². The summed E-state index contributed by atoms with van der Waals surface area (Å²) in [6.45, 7) is 6.45. The van der Waals surface area contributed by atoms with Gasteiger partial charge in [0.2, 0.25) is 5.91 Å². The summed E-state index contributed by atoms with van der Waals surface area (Å²) >= 11 is 0. The van der Waals surface area contributed by atoms with E-state index in [0.717, 1.165) is 43.2 Å². The second-order valence-corrected chi connectivity index (χ2v) is 7.26. The summed E-state index contributed by atoms with van der Waals surface area (Å²) in [5, 5.41) is 6.51. The molecule has 5 heteroatoms. The maximum atomic E-state index is 11.4. The largest absolute Gasteiger partial charge is 0.497 e. The Morgan fingerprint density at radius 2 is 1.92 bits per heavy atom. The van der Waals surface area contributed by atoms with Crippen LogP contribution in [0.3, 0.4) is 0 Å². The van der Waals surface area contributed by atoms with Crippen molar-refractivity contribution < 1.29 is 9.53 Å². The fourth-order valence-electron chi connectivity index (χ4n) is 3.59. The minimum Gasteiger partial charge on any atom is -0.497 e. The third-order valence-electron chi connectivity index (χ3n) is 4.72. The lowest BCUT2D eigenvalue weighted by Gasteiger charge is -2.25. The first-order valence-corrected chi connectivity index (χ1v) is 8.97. The number of anilines is 2. The Balaban J connectivity index is 1.63. The lowest BCUT2D eigenvalue weighted by atomic mass is 10.0. The van der Waals surface area contributed by atoms with Crippen molar-refractivity contribution >= 4 is 17.3 Å². The van der Waals surface area contributed by atoms with E-state index in [-0.39, 0.29) is 11.4 Å². The first-order chi connectivity index (χ1) is 12.5. The molecule has 1 unspecified atom stereocenters. The molecule has 1 heterocycles. The summed E-state index contributed by atoms with van der Waals surface area (Å²) < 4.78 is 5.28. The highest BCUT2D eigenvalue weighted by molar-refractivity contribution is 5.73. The molecular formula is C21H27N3O2. The van der Waals surface area contributed by atoms with Gasteiger partial charge in [-0.15, -0.1) is 0 Å². The van der Waals surface area contributed by atoms with Crippen LogP contribution in [0.1, 0.15) is 25.8 Å². The first-order valence-electron chi connectivity index (χ1n) is 8.97. The van der Waals surface area contributed by atoms with Crippen LogP contribution in [-0.2, 0) is 11.3 Å². The molecule has 26 heavy (non-hydrogen) atoms. The number of carbonyl (C=O) groups is 1. The summed E-state index contributed by atoms with van der Waals surface area (Å²) in [5.74, 6) is 0.874. The molecule has 1 atom stereocenters. The highest BCUT2D eigenvalue weighted by Crippen LogP contribution is 2.25. The number of hydrogen-bond donors (Lipinski definition) is 2. The molecule has 3 rings (SSSR count). The Kier molecular flexibility index (Phi) is 5.47. The van der Waals surface area contributed by atoms with Gasteiger partial charge in [0.15, 0.2) is 0 Å². The van der Waals surface area contributed by atoms with E-state index in [9.17, 15) is 4.79 Å². The van der Waals surface area contributed by atoms with Gasteiger partial charge in [-0.05, 0) is 43.2 Å². The van der Waals surface area contributed by atoms with Crippen molar-refractivity contribution in [2.45, 2.75) is 32.4 Å². The van der Waals surface area contributed by atoms with Crippen molar-refractivity contribution in [1.29, 1.82) is 0 Å². The number of amides is 1. The molecule has 0 aromatic heterocycles. The maximum Gasteiger partial charge on any atom is 0.217 e. The fraction of sp³-hybridized carbons (Fsp3) is 0.381. The number of hydrogen-bond acceptors (Lipinski definition) is 4. The number of nitrogens with one attached hydrogen (secondary N) is 2. The Bertz CT molecular complexity index is 777. The molecule has 138 valence electrons. The third kappa shape index (κ3) is 4.76. The van der Waals surface area contributed by atoms with Crippen molar-refractivity contribution in [2.75, 3.05) is 25.5 Å². The number of benzene rings is 2. The van der Waals surface area contributed by atoms with Gasteiger partial charge < -0.3 is 15.4 Å². The Morgan fingerprint density at radius 3 is 2.65 bits per heavy atom. The Morgan fingerprint density at radius 1 is 1.19 bits per heavy atom. The average Bonchev–Trinajstić information content (AvgIpc) is 2.95. The molecule has 0 spiro atoms.